The Morgan fingerprint density at radius 2 is 1.96 bits per heavy atom. The molecule has 0 spiro atoms. The largest absolute Gasteiger partial charge is 0.497 e. The van der Waals surface area contributed by atoms with Crippen LogP contribution >= 0.6 is 0 Å². The van der Waals surface area contributed by atoms with E-state index in [0.29, 0.717) is 11.6 Å². The monoisotopic (exact) mass is 315 g/mol. The summed E-state index contributed by atoms with van der Waals surface area (Å²) in [5.41, 5.74) is 1.48. The van der Waals surface area contributed by atoms with Crippen molar-refractivity contribution in [1.82, 2.24) is 4.98 Å². The molecule has 1 aliphatic rings. The zero-order chi connectivity index (χ0) is 16.1. The number of hydrogen-bond acceptors (Lipinski definition) is 5. The van der Waals surface area contributed by atoms with Crippen LogP contribution in [0.15, 0.2) is 34.9 Å². The summed E-state index contributed by atoms with van der Waals surface area (Å²) in [7, 11) is 1.62. The van der Waals surface area contributed by atoms with Crippen molar-refractivity contribution in [2.75, 3.05) is 7.11 Å². The Kier molecular flexibility index (Phi) is 4.95. The highest BCUT2D eigenvalue weighted by molar-refractivity contribution is 5.72. The average Bonchev–Trinajstić information content (AvgIpc) is 3.09. The lowest BCUT2D eigenvalue weighted by Crippen LogP contribution is -2.20. The van der Waals surface area contributed by atoms with Gasteiger partial charge in [-0.05, 0) is 37.1 Å². The van der Waals surface area contributed by atoms with Gasteiger partial charge >= 0.3 is 5.97 Å². The van der Waals surface area contributed by atoms with E-state index >= 15 is 0 Å². The van der Waals surface area contributed by atoms with Gasteiger partial charge in [-0.2, -0.15) is 0 Å². The molecular formula is C18H21NO4. The Morgan fingerprint density at radius 3 is 2.65 bits per heavy atom. The van der Waals surface area contributed by atoms with Gasteiger partial charge in [-0.25, -0.2) is 4.98 Å². The second-order valence-electron chi connectivity index (χ2n) is 5.82. The number of carbonyl (C=O) groups excluding carboxylic acids is 1. The molecule has 2 aromatic rings. The number of oxazole rings is 1. The van der Waals surface area contributed by atoms with Crippen molar-refractivity contribution >= 4 is 5.97 Å². The van der Waals surface area contributed by atoms with Crippen LogP contribution in [0, 0.1) is 5.92 Å². The van der Waals surface area contributed by atoms with Crippen LogP contribution in [0.25, 0.3) is 11.5 Å². The summed E-state index contributed by atoms with van der Waals surface area (Å²) in [6.45, 7) is 0.162. The zero-order valence-electron chi connectivity index (χ0n) is 13.3. The molecule has 122 valence electrons. The van der Waals surface area contributed by atoms with Crippen molar-refractivity contribution in [2.45, 2.75) is 38.7 Å². The molecule has 1 aliphatic carbocycles. The van der Waals surface area contributed by atoms with Crippen molar-refractivity contribution < 1.29 is 18.7 Å². The molecule has 0 unspecified atom stereocenters. The van der Waals surface area contributed by atoms with Gasteiger partial charge in [-0.15, -0.1) is 0 Å². The summed E-state index contributed by atoms with van der Waals surface area (Å²) in [4.78, 5) is 16.4. The maximum absolute atomic E-state index is 12.0. The fourth-order valence-electron chi connectivity index (χ4n) is 2.84. The first kappa shape index (κ1) is 15.6. The lowest BCUT2D eigenvalue weighted by Gasteiger charge is -2.19. The van der Waals surface area contributed by atoms with Crippen molar-refractivity contribution in [2.24, 2.45) is 5.92 Å². The topological polar surface area (TPSA) is 61.6 Å². The predicted octanol–water partition coefficient (Wildman–Crippen LogP) is 3.97. The van der Waals surface area contributed by atoms with Crippen LogP contribution in [-0.4, -0.2) is 18.1 Å². The molecule has 5 nitrogen and oxygen atoms in total. The number of esters is 1. The van der Waals surface area contributed by atoms with Gasteiger partial charge in [-0.1, -0.05) is 19.3 Å². The summed E-state index contributed by atoms with van der Waals surface area (Å²) in [6, 6.07) is 7.45. The van der Waals surface area contributed by atoms with E-state index in [-0.39, 0.29) is 18.5 Å². The number of methoxy groups -OCH3 is 1. The Hall–Kier alpha value is -2.30. The smallest absolute Gasteiger partial charge is 0.309 e. The van der Waals surface area contributed by atoms with E-state index in [9.17, 15) is 4.79 Å². The molecule has 5 heteroatoms. The molecule has 1 aromatic heterocycles. The molecule has 0 radical (unpaired) electrons. The van der Waals surface area contributed by atoms with Crippen LogP contribution in [0.5, 0.6) is 5.75 Å². The highest BCUT2D eigenvalue weighted by Gasteiger charge is 2.22. The Morgan fingerprint density at radius 1 is 1.22 bits per heavy atom. The van der Waals surface area contributed by atoms with E-state index in [2.05, 4.69) is 4.98 Å². The van der Waals surface area contributed by atoms with Crippen LogP contribution in [0.1, 0.15) is 37.8 Å². The maximum Gasteiger partial charge on any atom is 0.309 e. The quantitative estimate of drug-likeness (QED) is 0.781. The molecule has 1 aromatic carbocycles. The minimum absolute atomic E-state index is 0.0525. The van der Waals surface area contributed by atoms with Gasteiger partial charge in [0.15, 0.2) is 0 Å². The van der Waals surface area contributed by atoms with E-state index in [1.807, 2.05) is 24.3 Å². The van der Waals surface area contributed by atoms with Crippen molar-refractivity contribution in [3.8, 4) is 17.2 Å². The van der Waals surface area contributed by atoms with Gasteiger partial charge in [-0.3, -0.25) is 4.79 Å². The molecule has 0 bridgehead atoms. The summed E-state index contributed by atoms with van der Waals surface area (Å²) in [5, 5.41) is 0. The molecular weight excluding hydrogens is 294 g/mol. The van der Waals surface area contributed by atoms with Crippen molar-refractivity contribution in [1.29, 1.82) is 0 Å². The number of nitrogens with zero attached hydrogens (tertiary/aromatic N) is 1. The lowest BCUT2D eigenvalue weighted by molar-refractivity contribution is -0.151. The highest BCUT2D eigenvalue weighted by Crippen LogP contribution is 2.25. The summed E-state index contributed by atoms with van der Waals surface area (Å²) in [6.07, 6.45) is 6.87. The third-order valence-electron chi connectivity index (χ3n) is 4.19. The SMILES string of the molecule is COc1ccc(-c2nc(COC(=O)C3CCCCC3)co2)cc1. The summed E-state index contributed by atoms with van der Waals surface area (Å²) in [5.74, 6) is 1.23. The van der Waals surface area contributed by atoms with Gasteiger partial charge in [0, 0.05) is 5.56 Å². The number of carbonyl (C=O) groups is 1. The first-order chi connectivity index (χ1) is 11.3. The second kappa shape index (κ2) is 7.31. The molecule has 0 atom stereocenters. The van der Waals surface area contributed by atoms with Crippen molar-refractivity contribution in [3.05, 3.63) is 36.2 Å². The summed E-state index contributed by atoms with van der Waals surface area (Å²) >= 11 is 0. The van der Waals surface area contributed by atoms with E-state index in [0.717, 1.165) is 37.0 Å². The Labute approximate surface area is 135 Å². The molecule has 0 amide bonds. The zero-order valence-corrected chi connectivity index (χ0v) is 13.3. The predicted molar refractivity (Wildman–Crippen MR) is 84.9 cm³/mol. The average molecular weight is 315 g/mol. The molecule has 0 saturated heterocycles. The molecule has 3 rings (SSSR count). The number of benzene rings is 1. The van der Waals surface area contributed by atoms with E-state index in [4.69, 9.17) is 13.9 Å². The van der Waals surface area contributed by atoms with Crippen molar-refractivity contribution in [3.63, 3.8) is 0 Å². The molecule has 1 fully saturated rings. The maximum atomic E-state index is 12.0. The van der Waals surface area contributed by atoms with Crippen LogP contribution in [0.2, 0.25) is 0 Å². The van der Waals surface area contributed by atoms with Crippen LogP contribution in [0.4, 0.5) is 0 Å². The fourth-order valence-corrected chi connectivity index (χ4v) is 2.84. The minimum atomic E-state index is -0.112. The third-order valence-corrected chi connectivity index (χ3v) is 4.19. The Balaban J connectivity index is 1.57. The standard InChI is InChI=1S/C18H21NO4/c1-21-16-9-7-13(8-10-16)17-19-15(11-22-17)12-23-18(20)14-5-3-2-4-6-14/h7-11,14H,2-6,12H2,1H3. The molecule has 0 aliphatic heterocycles. The lowest BCUT2D eigenvalue weighted by atomic mass is 9.89. The van der Waals surface area contributed by atoms with Crippen LogP contribution < -0.4 is 4.74 Å². The van der Waals surface area contributed by atoms with E-state index < -0.39 is 0 Å². The number of hydrogen-bond donors (Lipinski definition) is 0. The van der Waals surface area contributed by atoms with E-state index in [1.54, 1.807) is 7.11 Å². The van der Waals surface area contributed by atoms with Gasteiger partial charge in [0.1, 0.15) is 24.3 Å². The highest BCUT2D eigenvalue weighted by atomic mass is 16.5. The molecule has 1 heterocycles. The third kappa shape index (κ3) is 3.92. The molecule has 23 heavy (non-hydrogen) atoms. The normalized spacial score (nSPS) is 15.3. The van der Waals surface area contributed by atoms with Gasteiger partial charge < -0.3 is 13.9 Å². The number of rotatable bonds is 5. The van der Waals surface area contributed by atoms with E-state index in [1.165, 1.54) is 12.7 Å². The van der Waals surface area contributed by atoms with Gasteiger partial charge in [0.25, 0.3) is 0 Å². The van der Waals surface area contributed by atoms with Crippen LogP contribution in [0.3, 0.4) is 0 Å². The molecule has 0 N–H and O–H groups in total. The Bertz CT molecular complexity index is 641. The second-order valence-corrected chi connectivity index (χ2v) is 5.82. The minimum Gasteiger partial charge on any atom is -0.497 e. The number of aromatic nitrogens is 1. The first-order valence-corrected chi connectivity index (χ1v) is 8.02. The van der Waals surface area contributed by atoms with Gasteiger partial charge in [0.2, 0.25) is 5.89 Å². The van der Waals surface area contributed by atoms with Gasteiger partial charge in [0.05, 0.1) is 13.0 Å². The molecule has 1 saturated carbocycles. The first-order valence-electron chi connectivity index (χ1n) is 8.02. The number of ether oxygens (including phenoxy) is 2. The van der Waals surface area contributed by atoms with Crippen LogP contribution in [-0.2, 0) is 16.1 Å². The fraction of sp³-hybridized carbons (Fsp3) is 0.444. The summed E-state index contributed by atoms with van der Waals surface area (Å²) < 4.78 is 16.0.